The Morgan fingerprint density at radius 2 is 1.88 bits per heavy atom. The van der Waals surface area contributed by atoms with E-state index in [2.05, 4.69) is 28.5 Å². The lowest BCUT2D eigenvalue weighted by Gasteiger charge is -2.09. The lowest BCUT2D eigenvalue weighted by molar-refractivity contribution is -0.116. The van der Waals surface area contributed by atoms with Gasteiger partial charge in [-0.25, -0.2) is 4.98 Å². The number of phenols is 1. The largest absolute Gasteiger partial charge is 0.507 e. The van der Waals surface area contributed by atoms with Crippen LogP contribution < -0.4 is 5.32 Å². The molecule has 0 radical (unpaired) electrons. The summed E-state index contributed by atoms with van der Waals surface area (Å²) in [5.74, 6) is 0.512. The summed E-state index contributed by atoms with van der Waals surface area (Å²) in [6.45, 7) is 2.04. The summed E-state index contributed by atoms with van der Waals surface area (Å²) in [5.41, 5.74) is 2.97. The number of phenolic OH excluding ortho intramolecular Hbond substituents is 1. The minimum atomic E-state index is -0.113. The molecule has 0 aliphatic heterocycles. The molecule has 2 aromatic heterocycles. The van der Waals surface area contributed by atoms with Crippen molar-refractivity contribution in [3.63, 3.8) is 0 Å². The van der Waals surface area contributed by atoms with Gasteiger partial charge in [0.05, 0.1) is 10.4 Å². The van der Waals surface area contributed by atoms with Crippen molar-refractivity contribution in [2.24, 2.45) is 0 Å². The molecule has 0 atom stereocenters. The molecular formula is C28H24N2O3S. The van der Waals surface area contributed by atoms with Crippen molar-refractivity contribution in [2.45, 2.75) is 26.2 Å². The Labute approximate surface area is 201 Å². The highest BCUT2D eigenvalue weighted by Gasteiger charge is 2.21. The van der Waals surface area contributed by atoms with Crippen LogP contribution in [0.15, 0.2) is 82.6 Å². The predicted octanol–water partition coefficient (Wildman–Crippen LogP) is 7.72. The van der Waals surface area contributed by atoms with Crippen LogP contribution in [0.1, 0.15) is 26.2 Å². The summed E-state index contributed by atoms with van der Waals surface area (Å²) >= 11 is 1.51. The number of benzene rings is 3. The van der Waals surface area contributed by atoms with Crippen molar-refractivity contribution in [1.82, 2.24) is 4.98 Å². The van der Waals surface area contributed by atoms with Gasteiger partial charge in [0, 0.05) is 6.42 Å². The molecule has 5 aromatic rings. The van der Waals surface area contributed by atoms with E-state index in [1.807, 2.05) is 54.8 Å². The van der Waals surface area contributed by atoms with E-state index in [-0.39, 0.29) is 17.5 Å². The number of aromatic hydroxyl groups is 1. The Morgan fingerprint density at radius 1 is 1.03 bits per heavy atom. The zero-order valence-electron chi connectivity index (χ0n) is 18.7. The van der Waals surface area contributed by atoms with Crippen LogP contribution in [0.25, 0.3) is 43.9 Å². The Kier molecular flexibility index (Phi) is 6.14. The number of carbonyl (C=O) groups excluding carboxylic acids is 1. The van der Waals surface area contributed by atoms with Crippen LogP contribution in [0, 0.1) is 0 Å². The van der Waals surface area contributed by atoms with Crippen LogP contribution >= 0.6 is 11.3 Å². The fraction of sp³-hybridized carbons (Fsp3) is 0.143. The summed E-state index contributed by atoms with van der Waals surface area (Å²) in [4.78, 5) is 17.9. The number of aromatic nitrogens is 1. The average molecular weight is 469 g/mol. The molecule has 5 rings (SSSR count). The molecule has 6 heteroatoms. The van der Waals surface area contributed by atoms with Gasteiger partial charge in [0.25, 0.3) is 0 Å². The van der Waals surface area contributed by atoms with E-state index in [9.17, 15) is 9.90 Å². The van der Waals surface area contributed by atoms with Gasteiger partial charge in [0.2, 0.25) is 17.7 Å². The standard InChI is InChI=1S/C28H24N2O3S/c1-2-3-13-25(32)29-28-26(24-12-7-16-34-24)30-27(33-28)22-15-14-19(17-23(22)31)21-11-6-9-18-8-4-5-10-20(18)21/h4-12,14-17,31H,2-3,13H2,1H3,(H,29,32). The third-order valence-corrected chi connectivity index (χ3v) is 6.60. The molecule has 0 saturated carbocycles. The highest BCUT2D eigenvalue weighted by Crippen LogP contribution is 2.40. The molecule has 0 bridgehead atoms. The zero-order valence-corrected chi connectivity index (χ0v) is 19.6. The number of rotatable bonds is 7. The maximum absolute atomic E-state index is 12.4. The first-order valence-corrected chi connectivity index (χ1v) is 12.2. The van der Waals surface area contributed by atoms with Crippen LogP contribution in [0.4, 0.5) is 5.88 Å². The number of nitrogens with one attached hydrogen (secondary N) is 1. The van der Waals surface area contributed by atoms with Gasteiger partial charge >= 0.3 is 0 Å². The average Bonchev–Trinajstić information content (AvgIpc) is 3.52. The third kappa shape index (κ3) is 4.32. The maximum Gasteiger partial charge on any atom is 0.233 e. The quantitative estimate of drug-likeness (QED) is 0.256. The minimum absolute atomic E-state index is 0.0632. The summed E-state index contributed by atoms with van der Waals surface area (Å²) < 4.78 is 5.98. The fourth-order valence-corrected chi connectivity index (χ4v) is 4.69. The number of anilines is 1. The Hall–Kier alpha value is -3.90. The Balaban J connectivity index is 1.52. The Bertz CT molecular complexity index is 1450. The normalized spacial score (nSPS) is 11.1. The Morgan fingerprint density at radius 3 is 2.68 bits per heavy atom. The number of thiophene rings is 1. The second kappa shape index (κ2) is 9.53. The van der Waals surface area contributed by atoms with Gasteiger partial charge in [-0.2, -0.15) is 0 Å². The van der Waals surface area contributed by atoms with E-state index in [4.69, 9.17) is 4.42 Å². The van der Waals surface area contributed by atoms with E-state index in [1.165, 1.54) is 11.3 Å². The van der Waals surface area contributed by atoms with Gasteiger partial charge in [-0.1, -0.05) is 67.9 Å². The van der Waals surface area contributed by atoms with Crippen molar-refractivity contribution in [3.8, 4) is 38.9 Å². The summed E-state index contributed by atoms with van der Waals surface area (Å²) in [6, 6.07) is 23.6. The first-order chi connectivity index (χ1) is 16.6. The van der Waals surface area contributed by atoms with Crippen molar-refractivity contribution in [1.29, 1.82) is 0 Å². The monoisotopic (exact) mass is 468 g/mol. The van der Waals surface area contributed by atoms with Crippen LogP contribution in [0.2, 0.25) is 0 Å². The van der Waals surface area contributed by atoms with Gasteiger partial charge in [0.15, 0.2) is 0 Å². The number of unbranched alkanes of at least 4 members (excludes halogenated alkanes) is 1. The van der Waals surface area contributed by atoms with E-state index >= 15 is 0 Å². The molecule has 1 amide bonds. The molecule has 0 aliphatic rings. The smallest absolute Gasteiger partial charge is 0.233 e. The second-order valence-corrected chi connectivity index (χ2v) is 9.03. The van der Waals surface area contributed by atoms with Gasteiger partial charge in [0.1, 0.15) is 11.4 Å². The molecule has 0 unspecified atom stereocenters. The molecule has 5 nitrogen and oxygen atoms in total. The lowest BCUT2D eigenvalue weighted by atomic mass is 9.97. The SMILES string of the molecule is CCCCC(=O)Nc1oc(-c2ccc(-c3cccc4ccccc34)cc2O)nc1-c1cccs1. The van der Waals surface area contributed by atoms with Crippen molar-refractivity contribution in [3.05, 3.63) is 78.2 Å². The minimum Gasteiger partial charge on any atom is -0.507 e. The van der Waals surface area contributed by atoms with Crippen LogP contribution in [0.3, 0.4) is 0 Å². The van der Waals surface area contributed by atoms with Crippen molar-refractivity contribution < 1.29 is 14.3 Å². The first kappa shape index (κ1) is 21.9. The molecular weight excluding hydrogens is 444 g/mol. The van der Waals surface area contributed by atoms with Crippen molar-refractivity contribution >= 4 is 33.9 Å². The summed E-state index contributed by atoms with van der Waals surface area (Å²) in [7, 11) is 0. The molecule has 170 valence electrons. The van der Waals surface area contributed by atoms with Crippen LogP contribution in [-0.2, 0) is 4.79 Å². The molecule has 0 fully saturated rings. The topological polar surface area (TPSA) is 75.4 Å². The fourth-order valence-electron chi connectivity index (χ4n) is 3.98. The molecule has 2 N–H and O–H groups in total. The number of carbonyl (C=O) groups is 1. The molecule has 2 heterocycles. The highest BCUT2D eigenvalue weighted by atomic mass is 32.1. The molecule has 0 aliphatic carbocycles. The molecule has 0 saturated heterocycles. The summed E-state index contributed by atoms with van der Waals surface area (Å²) in [5, 5.41) is 18.0. The van der Waals surface area contributed by atoms with E-state index < -0.39 is 0 Å². The third-order valence-electron chi connectivity index (χ3n) is 5.72. The molecule has 34 heavy (non-hydrogen) atoms. The number of nitrogens with zero attached hydrogens (tertiary/aromatic N) is 1. The first-order valence-electron chi connectivity index (χ1n) is 11.3. The number of hydrogen-bond donors (Lipinski definition) is 2. The summed E-state index contributed by atoms with van der Waals surface area (Å²) in [6.07, 6.45) is 2.16. The van der Waals surface area contributed by atoms with Gasteiger partial charge < -0.3 is 9.52 Å². The van der Waals surface area contributed by atoms with Crippen LogP contribution in [-0.4, -0.2) is 16.0 Å². The number of hydrogen-bond acceptors (Lipinski definition) is 5. The zero-order chi connectivity index (χ0) is 23.5. The van der Waals surface area contributed by atoms with Gasteiger partial charge in [-0.15, -0.1) is 11.3 Å². The van der Waals surface area contributed by atoms with Crippen molar-refractivity contribution in [2.75, 3.05) is 5.32 Å². The van der Waals surface area contributed by atoms with E-state index in [0.717, 1.165) is 39.6 Å². The predicted molar refractivity (Wildman–Crippen MR) is 138 cm³/mol. The second-order valence-electron chi connectivity index (χ2n) is 8.08. The van der Waals surface area contributed by atoms with Crippen LogP contribution in [0.5, 0.6) is 5.75 Å². The lowest BCUT2D eigenvalue weighted by Crippen LogP contribution is -2.10. The number of fused-ring (bicyclic) bond motifs is 1. The number of oxazole rings is 1. The van der Waals surface area contributed by atoms with E-state index in [0.29, 0.717) is 23.6 Å². The van der Waals surface area contributed by atoms with Gasteiger partial charge in [-0.05, 0) is 51.9 Å². The highest BCUT2D eigenvalue weighted by molar-refractivity contribution is 7.13. The van der Waals surface area contributed by atoms with Gasteiger partial charge in [-0.3, -0.25) is 10.1 Å². The molecule has 0 spiro atoms. The van der Waals surface area contributed by atoms with E-state index in [1.54, 1.807) is 12.1 Å². The maximum atomic E-state index is 12.4. The molecule has 3 aromatic carbocycles. The number of amides is 1.